The third-order valence-electron chi connectivity index (χ3n) is 3.42. The minimum atomic E-state index is -0.0847. The fourth-order valence-electron chi connectivity index (χ4n) is 2.18. The van der Waals surface area contributed by atoms with Gasteiger partial charge < -0.3 is 20.1 Å². The minimum Gasteiger partial charge on any atom is -0.466 e. The normalized spacial score (nSPS) is 10.9. The van der Waals surface area contributed by atoms with E-state index in [0.29, 0.717) is 13.0 Å². The van der Waals surface area contributed by atoms with Crippen molar-refractivity contribution in [2.75, 3.05) is 39.5 Å². The van der Waals surface area contributed by atoms with Crippen molar-refractivity contribution >= 4 is 35.9 Å². The first-order chi connectivity index (χ1) is 11.7. The Morgan fingerprint density at radius 2 is 1.68 bits per heavy atom. The molecule has 0 aromatic rings. The van der Waals surface area contributed by atoms with E-state index in [4.69, 9.17) is 9.47 Å². The minimum absolute atomic E-state index is 0. The van der Waals surface area contributed by atoms with Crippen LogP contribution in [0.2, 0.25) is 0 Å². The molecule has 0 radical (unpaired) electrons. The number of carbonyl (C=O) groups excluding carboxylic acids is 1. The average molecular weight is 471 g/mol. The second-order valence-electron chi connectivity index (χ2n) is 5.56. The number of hydrogen-bond donors (Lipinski definition) is 2. The molecule has 0 aliphatic rings. The van der Waals surface area contributed by atoms with Crippen LogP contribution in [0.25, 0.3) is 0 Å². The van der Waals surface area contributed by atoms with Crippen molar-refractivity contribution in [2.24, 2.45) is 4.99 Å². The van der Waals surface area contributed by atoms with E-state index in [-0.39, 0.29) is 29.9 Å². The maximum atomic E-state index is 11.2. The lowest BCUT2D eigenvalue weighted by Gasteiger charge is -2.11. The van der Waals surface area contributed by atoms with E-state index in [9.17, 15) is 4.79 Å². The van der Waals surface area contributed by atoms with Crippen LogP contribution in [-0.4, -0.2) is 51.4 Å². The topological polar surface area (TPSA) is 72.0 Å². The predicted molar refractivity (Wildman–Crippen MR) is 115 cm³/mol. The van der Waals surface area contributed by atoms with Gasteiger partial charge in [-0.25, -0.2) is 0 Å². The van der Waals surface area contributed by atoms with Gasteiger partial charge in [0.2, 0.25) is 0 Å². The molecule has 0 heterocycles. The van der Waals surface area contributed by atoms with Crippen molar-refractivity contribution in [1.29, 1.82) is 0 Å². The molecule has 0 bridgehead atoms. The highest BCUT2D eigenvalue weighted by atomic mass is 127. The van der Waals surface area contributed by atoms with E-state index in [1.165, 1.54) is 0 Å². The van der Waals surface area contributed by atoms with E-state index in [0.717, 1.165) is 77.3 Å². The lowest BCUT2D eigenvalue weighted by atomic mass is 10.1. The molecule has 0 saturated heterocycles. The van der Waals surface area contributed by atoms with E-state index in [1.54, 1.807) is 0 Å². The molecule has 0 unspecified atom stereocenters. The molecule has 0 aliphatic carbocycles. The molecule has 0 rings (SSSR count). The molecule has 150 valence electrons. The van der Waals surface area contributed by atoms with Crippen molar-refractivity contribution in [2.45, 2.75) is 65.7 Å². The van der Waals surface area contributed by atoms with Gasteiger partial charge in [-0.15, -0.1) is 24.0 Å². The Morgan fingerprint density at radius 1 is 0.920 bits per heavy atom. The first-order valence-electron chi connectivity index (χ1n) is 9.50. The van der Waals surface area contributed by atoms with Crippen LogP contribution < -0.4 is 10.6 Å². The smallest absolute Gasteiger partial charge is 0.305 e. The number of nitrogens with zero attached hydrogens (tertiary/aromatic N) is 1. The number of guanidine groups is 1. The second kappa shape index (κ2) is 21.5. The summed E-state index contributed by atoms with van der Waals surface area (Å²) in [6.45, 7) is 10.6. The fraction of sp³-hybridized carbons (Fsp3) is 0.889. The molecule has 0 aliphatic heterocycles. The number of aliphatic imine (C=N–C) groups is 1. The highest BCUT2D eigenvalue weighted by Gasteiger charge is 2.01. The molecule has 7 heteroatoms. The molecule has 0 amide bonds. The SMILES string of the molecule is CCNC(=NCCCCCCC(=O)OCC)NCCCCOCC.I. The van der Waals surface area contributed by atoms with Crippen LogP contribution in [0.3, 0.4) is 0 Å². The van der Waals surface area contributed by atoms with Gasteiger partial charge in [-0.05, 0) is 46.5 Å². The van der Waals surface area contributed by atoms with Gasteiger partial charge in [0.05, 0.1) is 6.61 Å². The Labute approximate surface area is 170 Å². The summed E-state index contributed by atoms with van der Waals surface area (Å²) in [5.41, 5.74) is 0. The van der Waals surface area contributed by atoms with Crippen molar-refractivity contribution in [3.8, 4) is 0 Å². The number of unbranched alkanes of at least 4 members (excludes halogenated alkanes) is 4. The van der Waals surface area contributed by atoms with Gasteiger partial charge in [-0.2, -0.15) is 0 Å². The molecular weight excluding hydrogens is 433 g/mol. The number of nitrogens with one attached hydrogen (secondary N) is 2. The summed E-state index contributed by atoms with van der Waals surface area (Å²) in [7, 11) is 0. The number of ether oxygens (including phenoxy) is 2. The standard InChI is InChI=1S/C18H37N3O3.HI/c1-4-19-18(21-15-11-12-16-23-5-2)20-14-10-8-7-9-13-17(22)24-6-3;/h4-16H2,1-3H3,(H2,19,20,21);1H. The lowest BCUT2D eigenvalue weighted by molar-refractivity contribution is -0.143. The van der Waals surface area contributed by atoms with Gasteiger partial charge in [0.25, 0.3) is 0 Å². The summed E-state index contributed by atoms with van der Waals surface area (Å²) in [6.07, 6.45) is 6.78. The van der Waals surface area contributed by atoms with E-state index < -0.39 is 0 Å². The van der Waals surface area contributed by atoms with E-state index in [2.05, 4.69) is 22.5 Å². The van der Waals surface area contributed by atoms with Gasteiger partial charge >= 0.3 is 5.97 Å². The first kappa shape index (κ1) is 26.7. The Kier molecular flexibility index (Phi) is 22.9. The molecule has 25 heavy (non-hydrogen) atoms. The summed E-state index contributed by atoms with van der Waals surface area (Å²) >= 11 is 0. The Bertz CT molecular complexity index is 329. The zero-order valence-electron chi connectivity index (χ0n) is 16.3. The largest absolute Gasteiger partial charge is 0.466 e. The second-order valence-corrected chi connectivity index (χ2v) is 5.56. The van der Waals surface area contributed by atoms with Gasteiger partial charge in [0.15, 0.2) is 5.96 Å². The average Bonchev–Trinajstić information content (AvgIpc) is 2.57. The summed E-state index contributed by atoms with van der Waals surface area (Å²) in [5.74, 6) is 0.805. The highest BCUT2D eigenvalue weighted by Crippen LogP contribution is 2.04. The van der Waals surface area contributed by atoms with E-state index in [1.807, 2.05) is 13.8 Å². The molecule has 0 saturated carbocycles. The van der Waals surface area contributed by atoms with Crippen molar-refractivity contribution in [3.63, 3.8) is 0 Å². The number of halogens is 1. The van der Waals surface area contributed by atoms with Crippen molar-refractivity contribution < 1.29 is 14.3 Å². The molecule has 0 atom stereocenters. The zero-order valence-corrected chi connectivity index (χ0v) is 18.6. The lowest BCUT2D eigenvalue weighted by Crippen LogP contribution is -2.37. The molecule has 0 aromatic heterocycles. The molecule has 0 fully saturated rings. The van der Waals surface area contributed by atoms with Crippen LogP contribution in [0.1, 0.15) is 65.7 Å². The van der Waals surface area contributed by atoms with Gasteiger partial charge in [-0.3, -0.25) is 9.79 Å². The van der Waals surface area contributed by atoms with Gasteiger partial charge in [-0.1, -0.05) is 12.8 Å². The Hall–Kier alpha value is -0.570. The fourth-order valence-corrected chi connectivity index (χ4v) is 2.18. The summed E-state index contributed by atoms with van der Waals surface area (Å²) in [6, 6.07) is 0. The van der Waals surface area contributed by atoms with Crippen molar-refractivity contribution in [1.82, 2.24) is 10.6 Å². The summed E-state index contributed by atoms with van der Waals surface area (Å²) < 4.78 is 10.2. The van der Waals surface area contributed by atoms with Crippen LogP contribution in [0.15, 0.2) is 4.99 Å². The number of carbonyl (C=O) groups is 1. The van der Waals surface area contributed by atoms with E-state index >= 15 is 0 Å². The molecule has 6 nitrogen and oxygen atoms in total. The molecule has 2 N–H and O–H groups in total. The first-order valence-corrected chi connectivity index (χ1v) is 9.50. The quantitative estimate of drug-likeness (QED) is 0.126. The van der Waals surface area contributed by atoms with Gasteiger partial charge in [0.1, 0.15) is 0 Å². The van der Waals surface area contributed by atoms with Crippen LogP contribution in [0.4, 0.5) is 0 Å². The monoisotopic (exact) mass is 471 g/mol. The zero-order chi connectivity index (χ0) is 17.9. The third kappa shape index (κ3) is 19.6. The molecule has 0 aromatic carbocycles. The number of rotatable bonds is 15. The summed E-state index contributed by atoms with van der Waals surface area (Å²) in [4.78, 5) is 15.8. The van der Waals surface area contributed by atoms with Crippen LogP contribution in [0.5, 0.6) is 0 Å². The highest BCUT2D eigenvalue weighted by molar-refractivity contribution is 14.0. The third-order valence-corrected chi connectivity index (χ3v) is 3.42. The number of esters is 1. The Morgan fingerprint density at radius 3 is 2.36 bits per heavy atom. The molecular formula is C18H38IN3O3. The van der Waals surface area contributed by atoms with Crippen molar-refractivity contribution in [3.05, 3.63) is 0 Å². The molecule has 0 spiro atoms. The Balaban J connectivity index is 0. The number of hydrogen-bond acceptors (Lipinski definition) is 4. The maximum Gasteiger partial charge on any atom is 0.305 e. The van der Waals surface area contributed by atoms with Gasteiger partial charge in [0, 0.05) is 39.3 Å². The predicted octanol–water partition coefficient (Wildman–Crippen LogP) is 3.49. The van der Waals surface area contributed by atoms with Crippen LogP contribution >= 0.6 is 24.0 Å². The summed E-state index contributed by atoms with van der Waals surface area (Å²) in [5, 5.41) is 6.61. The van der Waals surface area contributed by atoms with Crippen LogP contribution in [-0.2, 0) is 14.3 Å². The maximum absolute atomic E-state index is 11.2. The van der Waals surface area contributed by atoms with Crippen LogP contribution in [0, 0.1) is 0 Å².